The number of hydrogen-bond acceptors (Lipinski definition) is 5. The summed E-state index contributed by atoms with van der Waals surface area (Å²) in [4.78, 5) is 12.1. The Labute approximate surface area is 144 Å². The van der Waals surface area contributed by atoms with Crippen molar-refractivity contribution in [3.05, 3.63) is 76.0 Å². The predicted molar refractivity (Wildman–Crippen MR) is 92.4 cm³/mol. The van der Waals surface area contributed by atoms with Crippen LogP contribution < -0.4 is 15.0 Å². The summed E-state index contributed by atoms with van der Waals surface area (Å²) in [5, 5.41) is 7.81. The van der Waals surface area contributed by atoms with E-state index in [1.165, 1.54) is 6.20 Å². The maximum atomic E-state index is 12.1. The topological polar surface area (TPSA) is 66.2 Å². The quantitative estimate of drug-likeness (QED) is 0.732. The molecule has 0 aliphatic carbocycles. The highest BCUT2D eigenvalue weighted by molar-refractivity contribution is 5.48. The highest BCUT2D eigenvalue weighted by Gasteiger charge is 2.18. The molecule has 0 atom stereocenters. The van der Waals surface area contributed by atoms with Gasteiger partial charge in [-0.3, -0.25) is 9.36 Å². The van der Waals surface area contributed by atoms with Gasteiger partial charge in [0.2, 0.25) is 0 Å². The Morgan fingerprint density at radius 1 is 1.08 bits per heavy atom. The molecule has 0 amide bonds. The van der Waals surface area contributed by atoms with Gasteiger partial charge in [0, 0.05) is 6.42 Å². The number of rotatable bonds is 4. The third-order valence-electron chi connectivity index (χ3n) is 4.29. The van der Waals surface area contributed by atoms with Crippen LogP contribution in [0.2, 0.25) is 0 Å². The molecule has 0 unspecified atom stereocenters. The average molecular weight is 335 g/mol. The molecule has 1 aliphatic rings. The van der Waals surface area contributed by atoms with Gasteiger partial charge in [0.05, 0.1) is 12.8 Å². The van der Waals surface area contributed by atoms with E-state index in [4.69, 9.17) is 9.47 Å². The van der Waals surface area contributed by atoms with E-state index in [1.807, 2.05) is 42.5 Å². The Morgan fingerprint density at radius 3 is 2.68 bits per heavy atom. The van der Waals surface area contributed by atoms with Gasteiger partial charge in [0.15, 0.2) is 0 Å². The first-order chi connectivity index (χ1) is 12.2. The normalized spacial score (nSPS) is 12.2. The van der Waals surface area contributed by atoms with Gasteiger partial charge < -0.3 is 9.47 Å². The molecule has 4 rings (SSSR count). The Bertz CT molecular complexity index is 964. The van der Waals surface area contributed by atoms with Crippen LogP contribution in [0.15, 0.2) is 53.5 Å². The molecule has 2 aromatic carbocycles. The van der Waals surface area contributed by atoms with E-state index in [0.29, 0.717) is 18.9 Å². The van der Waals surface area contributed by atoms with Crippen molar-refractivity contribution in [3.63, 3.8) is 0 Å². The van der Waals surface area contributed by atoms with Crippen molar-refractivity contribution in [2.45, 2.75) is 19.4 Å². The molecule has 0 saturated carbocycles. The fraction of sp³-hybridized carbons (Fsp3) is 0.211. The maximum absolute atomic E-state index is 12.1. The molecule has 0 fully saturated rings. The third-order valence-corrected chi connectivity index (χ3v) is 4.29. The van der Waals surface area contributed by atoms with Crippen molar-refractivity contribution in [2.75, 3.05) is 7.11 Å². The molecule has 1 aromatic heterocycles. The highest BCUT2D eigenvalue weighted by atomic mass is 16.5. The van der Waals surface area contributed by atoms with Gasteiger partial charge in [0.25, 0.3) is 5.56 Å². The molecule has 126 valence electrons. The summed E-state index contributed by atoms with van der Waals surface area (Å²) in [6.07, 6.45) is 2.75. The predicted octanol–water partition coefficient (Wildman–Crippen LogP) is 2.31. The van der Waals surface area contributed by atoms with Crippen LogP contribution in [-0.2, 0) is 19.4 Å². The zero-order valence-electron chi connectivity index (χ0n) is 13.8. The molecular formula is C19H17N3O3. The number of methoxy groups -OCH3 is 1. The van der Waals surface area contributed by atoms with E-state index in [2.05, 4.69) is 10.2 Å². The standard InChI is InChI=1S/C19H17N3O3/c1-24-15-5-2-13(3-6-15)12-25-16-7-8-17-14(10-16)4-9-18-21-20-11-19(23)22(17)18/h2-3,5-8,10-11H,4,9,12H2,1H3. The molecule has 0 saturated heterocycles. The van der Waals surface area contributed by atoms with Gasteiger partial charge in [-0.2, -0.15) is 5.10 Å². The fourth-order valence-corrected chi connectivity index (χ4v) is 3.00. The molecule has 0 N–H and O–H groups in total. The van der Waals surface area contributed by atoms with Gasteiger partial charge in [-0.05, 0) is 47.9 Å². The van der Waals surface area contributed by atoms with Crippen molar-refractivity contribution in [1.29, 1.82) is 0 Å². The fourth-order valence-electron chi connectivity index (χ4n) is 3.00. The number of benzene rings is 2. The van der Waals surface area contributed by atoms with Gasteiger partial charge in [-0.15, -0.1) is 5.10 Å². The van der Waals surface area contributed by atoms with Crippen molar-refractivity contribution < 1.29 is 9.47 Å². The smallest absolute Gasteiger partial charge is 0.276 e. The molecule has 6 nitrogen and oxygen atoms in total. The van der Waals surface area contributed by atoms with Gasteiger partial charge >= 0.3 is 0 Å². The number of nitrogens with zero attached hydrogens (tertiary/aromatic N) is 3. The number of aryl methyl sites for hydroxylation is 2. The summed E-state index contributed by atoms with van der Waals surface area (Å²) in [5.41, 5.74) is 2.85. The van der Waals surface area contributed by atoms with Crippen LogP contribution in [0.1, 0.15) is 17.0 Å². The van der Waals surface area contributed by atoms with Crippen LogP contribution in [0.3, 0.4) is 0 Å². The minimum absolute atomic E-state index is 0.155. The van der Waals surface area contributed by atoms with E-state index in [-0.39, 0.29) is 5.56 Å². The highest BCUT2D eigenvalue weighted by Crippen LogP contribution is 2.26. The SMILES string of the molecule is COc1ccc(COc2ccc3c(c2)CCc2nncc(=O)n2-3)cc1. The van der Waals surface area contributed by atoms with Crippen LogP contribution in [0.5, 0.6) is 11.5 Å². The zero-order valence-corrected chi connectivity index (χ0v) is 13.8. The minimum atomic E-state index is -0.155. The molecule has 0 bridgehead atoms. The zero-order chi connectivity index (χ0) is 17.2. The average Bonchev–Trinajstić information content (AvgIpc) is 2.66. The van der Waals surface area contributed by atoms with E-state index in [0.717, 1.165) is 34.7 Å². The van der Waals surface area contributed by atoms with Gasteiger partial charge in [-0.25, -0.2) is 0 Å². The lowest BCUT2D eigenvalue weighted by Crippen LogP contribution is -2.28. The lowest BCUT2D eigenvalue weighted by Gasteiger charge is -2.20. The van der Waals surface area contributed by atoms with E-state index in [9.17, 15) is 4.79 Å². The summed E-state index contributed by atoms with van der Waals surface area (Å²) >= 11 is 0. The van der Waals surface area contributed by atoms with Crippen LogP contribution in [0.25, 0.3) is 5.69 Å². The second-order valence-electron chi connectivity index (χ2n) is 5.86. The molecule has 25 heavy (non-hydrogen) atoms. The molecule has 3 aromatic rings. The first-order valence-electron chi connectivity index (χ1n) is 8.07. The first-order valence-corrected chi connectivity index (χ1v) is 8.07. The van der Waals surface area contributed by atoms with Crippen LogP contribution in [-0.4, -0.2) is 21.9 Å². The minimum Gasteiger partial charge on any atom is -0.497 e. The molecule has 2 heterocycles. The van der Waals surface area contributed by atoms with Crippen molar-refractivity contribution in [2.24, 2.45) is 0 Å². The number of aromatic nitrogens is 3. The second kappa shape index (κ2) is 6.39. The molecule has 6 heteroatoms. The first kappa shape index (κ1) is 15.4. The van der Waals surface area contributed by atoms with Crippen molar-refractivity contribution in [1.82, 2.24) is 14.8 Å². The summed E-state index contributed by atoms with van der Waals surface area (Å²) in [5.74, 6) is 2.31. The van der Waals surface area contributed by atoms with E-state index >= 15 is 0 Å². The van der Waals surface area contributed by atoms with E-state index in [1.54, 1.807) is 11.7 Å². The Kier molecular flexibility index (Phi) is 3.93. The van der Waals surface area contributed by atoms with Crippen molar-refractivity contribution in [3.8, 4) is 17.2 Å². The Morgan fingerprint density at radius 2 is 1.88 bits per heavy atom. The van der Waals surface area contributed by atoms with Crippen LogP contribution >= 0.6 is 0 Å². The summed E-state index contributed by atoms with van der Waals surface area (Å²) in [7, 11) is 1.65. The second-order valence-corrected chi connectivity index (χ2v) is 5.86. The number of fused-ring (bicyclic) bond motifs is 3. The maximum Gasteiger partial charge on any atom is 0.276 e. The third kappa shape index (κ3) is 2.98. The Hall–Kier alpha value is -3.15. The lowest BCUT2D eigenvalue weighted by molar-refractivity contribution is 0.305. The summed E-state index contributed by atoms with van der Waals surface area (Å²) in [6.45, 7) is 0.477. The summed E-state index contributed by atoms with van der Waals surface area (Å²) in [6, 6.07) is 13.6. The van der Waals surface area contributed by atoms with Gasteiger partial charge in [-0.1, -0.05) is 12.1 Å². The largest absolute Gasteiger partial charge is 0.497 e. The lowest BCUT2D eigenvalue weighted by atomic mass is 10.0. The molecule has 1 aliphatic heterocycles. The van der Waals surface area contributed by atoms with Crippen LogP contribution in [0.4, 0.5) is 0 Å². The van der Waals surface area contributed by atoms with Crippen LogP contribution in [0, 0.1) is 0 Å². The number of hydrogen-bond donors (Lipinski definition) is 0. The monoisotopic (exact) mass is 335 g/mol. The van der Waals surface area contributed by atoms with E-state index < -0.39 is 0 Å². The van der Waals surface area contributed by atoms with Gasteiger partial charge in [0.1, 0.15) is 30.1 Å². The number of ether oxygens (including phenoxy) is 2. The molecule has 0 spiro atoms. The van der Waals surface area contributed by atoms with Crippen molar-refractivity contribution >= 4 is 0 Å². The Balaban J connectivity index is 1.56. The molecule has 0 radical (unpaired) electrons. The molecular weight excluding hydrogens is 318 g/mol. The summed E-state index contributed by atoms with van der Waals surface area (Å²) < 4.78 is 12.7.